The monoisotopic (exact) mass is 387 g/mol. The summed E-state index contributed by atoms with van der Waals surface area (Å²) in [6, 6.07) is 8.06. The average Bonchev–Trinajstić information content (AvgIpc) is 2.71. The number of benzene rings is 1. The molecule has 144 valence electrons. The van der Waals surface area contributed by atoms with Gasteiger partial charge >= 0.3 is 0 Å². The van der Waals surface area contributed by atoms with Crippen molar-refractivity contribution in [1.82, 2.24) is 15.3 Å². The summed E-state index contributed by atoms with van der Waals surface area (Å²) in [6.45, 7) is 2.93. The molecule has 7 nitrogen and oxygen atoms in total. The normalized spacial score (nSPS) is 16.8. The van der Waals surface area contributed by atoms with Gasteiger partial charge in [0, 0.05) is 30.4 Å². The number of aromatic nitrogens is 2. The smallest absolute Gasteiger partial charge is 0.225 e. The Kier molecular flexibility index (Phi) is 6.52. The quantitative estimate of drug-likeness (QED) is 0.539. The topological polar surface area (TPSA) is 99.2 Å². The molecule has 1 aliphatic rings. The van der Waals surface area contributed by atoms with E-state index in [2.05, 4.69) is 38.1 Å². The Labute approximate surface area is 163 Å². The van der Waals surface area contributed by atoms with E-state index in [-0.39, 0.29) is 24.5 Å². The van der Waals surface area contributed by atoms with E-state index in [1.54, 1.807) is 18.0 Å². The Bertz CT molecular complexity index is 784. The van der Waals surface area contributed by atoms with E-state index in [4.69, 9.17) is 5.11 Å². The first kappa shape index (κ1) is 19.4. The second kappa shape index (κ2) is 9.05. The van der Waals surface area contributed by atoms with Crippen LogP contribution in [0.1, 0.15) is 18.2 Å². The van der Waals surface area contributed by atoms with Gasteiger partial charge in [-0.05, 0) is 30.9 Å². The summed E-state index contributed by atoms with van der Waals surface area (Å²) in [6.07, 6.45) is 4.32. The largest absolute Gasteiger partial charge is 0.394 e. The molecule has 8 heteroatoms. The number of aliphatic hydroxyl groups is 1. The summed E-state index contributed by atoms with van der Waals surface area (Å²) in [4.78, 5) is 22.5. The van der Waals surface area contributed by atoms with Gasteiger partial charge in [0.1, 0.15) is 0 Å². The summed E-state index contributed by atoms with van der Waals surface area (Å²) < 4.78 is 0. The summed E-state index contributed by atoms with van der Waals surface area (Å²) in [5.41, 5.74) is 2.75. The van der Waals surface area contributed by atoms with Crippen LogP contribution in [-0.4, -0.2) is 46.4 Å². The second-order valence-electron chi connectivity index (χ2n) is 6.63. The molecule has 0 saturated heterocycles. The van der Waals surface area contributed by atoms with Gasteiger partial charge in [0.05, 0.1) is 30.1 Å². The highest BCUT2D eigenvalue weighted by molar-refractivity contribution is 7.98. The fourth-order valence-corrected chi connectivity index (χ4v) is 3.27. The highest BCUT2D eigenvalue weighted by Crippen LogP contribution is 2.23. The van der Waals surface area contributed by atoms with Gasteiger partial charge in [0.15, 0.2) is 0 Å². The molecule has 0 bridgehead atoms. The van der Waals surface area contributed by atoms with Gasteiger partial charge in [-0.15, -0.1) is 11.8 Å². The van der Waals surface area contributed by atoms with Crippen LogP contribution in [0, 0.1) is 5.92 Å². The second-order valence-corrected chi connectivity index (χ2v) is 7.51. The van der Waals surface area contributed by atoms with Crippen LogP contribution in [0.3, 0.4) is 0 Å². The van der Waals surface area contributed by atoms with Crippen LogP contribution in [0.15, 0.2) is 35.4 Å². The number of thioether (sulfide) groups is 1. The van der Waals surface area contributed by atoms with E-state index >= 15 is 0 Å². The number of hydrogen-bond acceptors (Lipinski definition) is 7. The predicted octanol–water partition coefficient (Wildman–Crippen LogP) is 1.89. The maximum absolute atomic E-state index is 12.6. The number of carbonyl (C=O) groups excluding carboxylic acids is 1. The number of nitrogens with one attached hydrogen (secondary N) is 3. The predicted molar refractivity (Wildman–Crippen MR) is 108 cm³/mol. The third-order valence-corrected chi connectivity index (χ3v) is 5.24. The van der Waals surface area contributed by atoms with Crippen LogP contribution in [-0.2, 0) is 17.8 Å². The van der Waals surface area contributed by atoms with Crippen LogP contribution in [0.5, 0.6) is 0 Å². The Hall–Kier alpha value is -2.32. The molecule has 27 heavy (non-hydrogen) atoms. The summed E-state index contributed by atoms with van der Waals surface area (Å²) in [5, 5.41) is 18.4. The number of carbonyl (C=O) groups is 1. The third kappa shape index (κ3) is 5.11. The van der Waals surface area contributed by atoms with Crippen molar-refractivity contribution < 1.29 is 9.90 Å². The minimum atomic E-state index is -0.180. The van der Waals surface area contributed by atoms with Gasteiger partial charge < -0.3 is 21.1 Å². The Balaban J connectivity index is 1.58. The molecular weight excluding hydrogens is 362 g/mol. The van der Waals surface area contributed by atoms with E-state index < -0.39 is 0 Å². The van der Waals surface area contributed by atoms with Gasteiger partial charge in [0.25, 0.3) is 0 Å². The van der Waals surface area contributed by atoms with Crippen molar-refractivity contribution in [3.05, 3.63) is 41.7 Å². The van der Waals surface area contributed by atoms with Crippen molar-refractivity contribution in [2.45, 2.75) is 30.8 Å². The fourth-order valence-electron chi connectivity index (χ4n) is 2.86. The van der Waals surface area contributed by atoms with Gasteiger partial charge in [-0.1, -0.05) is 12.1 Å². The number of fused-ring (bicyclic) bond motifs is 1. The van der Waals surface area contributed by atoms with Crippen molar-refractivity contribution in [2.24, 2.45) is 5.92 Å². The molecule has 0 radical (unpaired) electrons. The van der Waals surface area contributed by atoms with Crippen LogP contribution in [0.4, 0.5) is 11.6 Å². The molecular formula is C19H25N5O2S. The molecule has 2 atom stereocenters. The molecule has 4 N–H and O–H groups in total. The van der Waals surface area contributed by atoms with E-state index in [9.17, 15) is 4.79 Å². The Morgan fingerprint density at radius 2 is 2.19 bits per heavy atom. The van der Waals surface area contributed by atoms with Crippen molar-refractivity contribution in [3.63, 3.8) is 0 Å². The van der Waals surface area contributed by atoms with Crippen LogP contribution in [0.2, 0.25) is 0 Å². The highest BCUT2D eigenvalue weighted by atomic mass is 32.2. The summed E-state index contributed by atoms with van der Waals surface area (Å²) in [5.74, 6) is 0.298. The lowest BCUT2D eigenvalue weighted by Crippen LogP contribution is -2.38. The number of hydrogen-bond donors (Lipinski definition) is 4. The van der Waals surface area contributed by atoms with Crippen molar-refractivity contribution in [3.8, 4) is 0 Å². The molecule has 2 aromatic rings. The first-order valence-corrected chi connectivity index (χ1v) is 10.2. The molecule has 3 rings (SSSR count). The van der Waals surface area contributed by atoms with Crippen LogP contribution in [0.25, 0.3) is 0 Å². The maximum atomic E-state index is 12.6. The Morgan fingerprint density at radius 3 is 2.89 bits per heavy atom. The lowest BCUT2D eigenvalue weighted by Gasteiger charge is -2.25. The number of rotatable bonds is 7. The molecule has 1 amide bonds. The van der Waals surface area contributed by atoms with Gasteiger partial charge in [-0.3, -0.25) is 4.79 Å². The minimum absolute atomic E-state index is 0.00164. The van der Waals surface area contributed by atoms with Crippen LogP contribution >= 0.6 is 11.8 Å². The highest BCUT2D eigenvalue weighted by Gasteiger charge is 2.26. The fraction of sp³-hybridized carbons (Fsp3) is 0.421. The van der Waals surface area contributed by atoms with E-state index in [0.29, 0.717) is 25.5 Å². The minimum Gasteiger partial charge on any atom is -0.394 e. The SMILES string of the molecule is CSc1ccc(CNC(=O)C2CNc3cnc(N[C@@H](C)CO)nc3C2)cc1. The summed E-state index contributed by atoms with van der Waals surface area (Å²) >= 11 is 1.70. The molecule has 1 aromatic carbocycles. The standard InChI is InChI=1S/C19H25N5O2S/c1-12(11-25)23-19-22-10-17-16(24-19)7-14(9-20-17)18(26)21-8-13-3-5-15(27-2)6-4-13/h3-6,10,12,14,20,25H,7-9,11H2,1-2H3,(H,21,26)(H,22,23,24)/t12-,14?/m0/s1. The molecule has 2 heterocycles. The molecule has 0 aliphatic carbocycles. The molecule has 0 saturated carbocycles. The lowest BCUT2D eigenvalue weighted by molar-refractivity contribution is -0.124. The zero-order valence-corrected chi connectivity index (χ0v) is 16.3. The van der Waals surface area contributed by atoms with Crippen molar-refractivity contribution in [1.29, 1.82) is 0 Å². The van der Waals surface area contributed by atoms with E-state index in [1.165, 1.54) is 4.90 Å². The molecule has 1 aliphatic heterocycles. The third-order valence-electron chi connectivity index (χ3n) is 4.49. The van der Waals surface area contributed by atoms with Gasteiger partial charge in [0.2, 0.25) is 11.9 Å². The molecule has 0 spiro atoms. The average molecular weight is 388 g/mol. The molecule has 1 unspecified atom stereocenters. The first-order chi connectivity index (χ1) is 13.1. The zero-order chi connectivity index (χ0) is 19.2. The maximum Gasteiger partial charge on any atom is 0.225 e. The first-order valence-electron chi connectivity index (χ1n) is 8.97. The lowest BCUT2D eigenvalue weighted by atomic mass is 9.97. The van der Waals surface area contributed by atoms with Crippen LogP contribution < -0.4 is 16.0 Å². The Morgan fingerprint density at radius 1 is 1.41 bits per heavy atom. The number of anilines is 2. The number of aliphatic hydroxyl groups excluding tert-OH is 1. The number of amides is 1. The van der Waals surface area contributed by atoms with E-state index in [0.717, 1.165) is 16.9 Å². The van der Waals surface area contributed by atoms with Gasteiger partial charge in [-0.2, -0.15) is 0 Å². The molecule has 1 aromatic heterocycles. The van der Waals surface area contributed by atoms with Crippen molar-refractivity contribution >= 4 is 29.3 Å². The van der Waals surface area contributed by atoms with Crippen molar-refractivity contribution in [2.75, 3.05) is 30.0 Å². The number of nitrogens with zero attached hydrogens (tertiary/aromatic N) is 2. The molecule has 0 fully saturated rings. The van der Waals surface area contributed by atoms with Gasteiger partial charge in [-0.25, -0.2) is 9.97 Å². The zero-order valence-electron chi connectivity index (χ0n) is 15.5. The van der Waals surface area contributed by atoms with E-state index in [1.807, 2.05) is 25.3 Å². The summed E-state index contributed by atoms with van der Waals surface area (Å²) in [7, 11) is 0.